The summed E-state index contributed by atoms with van der Waals surface area (Å²) >= 11 is 9.58. The molecule has 0 fully saturated rings. The molecule has 0 saturated carbocycles. The van der Waals surface area contributed by atoms with Crippen LogP contribution in [0.2, 0.25) is 0 Å². The van der Waals surface area contributed by atoms with Crippen LogP contribution in [0.25, 0.3) is 0 Å². The number of rotatable bonds is 6. The van der Waals surface area contributed by atoms with Gasteiger partial charge in [0, 0.05) is 11.9 Å². The van der Waals surface area contributed by atoms with E-state index >= 15 is 0 Å². The van der Waals surface area contributed by atoms with Crippen molar-refractivity contribution in [2.75, 3.05) is 6.54 Å². The Morgan fingerprint density at radius 1 is 1.56 bits per heavy atom. The van der Waals surface area contributed by atoms with E-state index in [9.17, 15) is 4.79 Å². The van der Waals surface area contributed by atoms with Crippen molar-refractivity contribution in [3.05, 3.63) is 20.8 Å². The molecule has 1 aromatic heterocycles. The molecule has 0 atom stereocenters. The molecule has 1 amide bonds. The van der Waals surface area contributed by atoms with Gasteiger partial charge < -0.3 is 11.1 Å². The zero-order valence-electron chi connectivity index (χ0n) is 8.66. The number of thiophene rings is 1. The lowest BCUT2D eigenvalue weighted by Gasteiger charge is -2.03. The fourth-order valence-corrected chi connectivity index (χ4v) is 2.44. The van der Waals surface area contributed by atoms with Crippen LogP contribution in [0.3, 0.4) is 0 Å². The number of hydrogen-bond acceptors (Lipinski definition) is 3. The number of carbonyl (C=O) groups is 1. The summed E-state index contributed by atoms with van der Waals surface area (Å²) in [7, 11) is 0. The first-order chi connectivity index (χ1) is 7.59. The van der Waals surface area contributed by atoms with Gasteiger partial charge in [-0.3, -0.25) is 4.79 Å². The lowest BCUT2D eigenvalue weighted by molar-refractivity contribution is 0.0953. The molecule has 0 aliphatic heterocycles. The van der Waals surface area contributed by atoms with Gasteiger partial charge in [-0.1, -0.05) is 12.2 Å². The molecule has 1 heterocycles. The molecular weight excluding hydrogens is 308 g/mol. The second-order valence-electron chi connectivity index (χ2n) is 3.32. The van der Waals surface area contributed by atoms with Crippen LogP contribution in [-0.2, 0) is 0 Å². The fraction of sp³-hybridized carbons (Fsp3) is 0.400. The number of unbranched alkanes of at least 4 members (excludes halogenated alkanes) is 1. The van der Waals surface area contributed by atoms with E-state index in [1.165, 1.54) is 11.3 Å². The van der Waals surface area contributed by atoms with Crippen LogP contribution >= 0.6 is 39.5 Å². The number of nitrogens with one attached hydrogen (secondary N) is 1. The van der Waals surface area contributed by atoms with Crippen LogP contribution in [-0.4, -0.2) is 17.4 Å². The quantitative estimate of drug-likeness (QED) is 0.626. The summed E-state index contributed by atoms with van der Waals surface area (Å²) in [6.45, 7) is 0.662. The number of halogens is 1. The van der Waals surface area contributed by atoms with E-state index in [1.54, 1.807) is 0 Å². The van der Waals surface area contributed by atoms with Crippen molar-refractivity contribution in [3.8, 4) is 0 Å². The highest BCUT2D eigenvalue weighted by Crippen LogP contribution is 2.20. The maximum Gasteiger partial charge on any atom is 0.252 e. The molecule has 0 aliphatic carbocycles. The zero-order valence-corrected chi connectivity index (χ0v) is 11.9. The van der Waals surface area contributed by atoms with E-state index in [4.69, 9.17) is 18.0 Å². The lowest BCUT2D eigenvalue weighted by atomic mass is 10.2. The first-order valence-corrected chi connectivity index (χ1v) is 6.98. The van der Waals surface area contributed by atoms with Crippen molar-refractivity contribution in [2.24, 2.45) is 5.73 Å². The Labute approximate surface area is 113 Å². The summed E-state index contributed by atoms with van der Waals surface area (Å²) in [5.41, 5.74) is 6.07. The Kier molecular flexibility index (Phi) is 5.94. The molecule has 0 saturated heterocycles. The second kappa shape index (κ2) is 6.98. The third-order valence-corrected chi connectivity index (χ3v) is 3.67. The Balaban J connectivity index is 2.18. The van der Waals surface area contributed by atoms with Gasteiger partial charge >= 0.3 is 0 Å². The Bertz CT molecular complexity index is 379. The van der Waals surface area contributed by atoms with Crippen LogP contribution in [0.15, 0.2) is 15.2 Å². The number of amides is 1. The summed E-state index contributed by atoms with van der Waals surface area (Å²) in [6.07, 6.45) is 2.56. The predicted molar refractivity (Wildman–Crippen MR) is 75.0 cm³/mol. The Hall–Kier alpha value is -0.460. The highest BCUT2D eigenvalue weighted by atomic mass is 79.9. The van der Waals surface area contributed by atoms with Gasteiger partial charge in [0.1, 0.15) is 0 Å². The largest absolute Gasteiger partial charge is 0.393 e. The molecule has 6 heteroatoms. The molecule has 0 aromatic carbocycles. The third-order valence-electron chi connectivity index (χ3n) is 1.97. The van der Waals surface area contributed by atoms with E-state index in [-0.39, 0.29) is 5.91 Å². The number of nitrogens with two attached hydrogens (primary N) is 1. The minimum atomic E-state index is -0.0303. The highest BCUT2D eigenvalue weighted by Gasteiger charge is 2.06. The molecule has 16 heavy (non-hydrogen) atoms. The van der Waals surface area contributed by atoms with Gasteiger partial charge in [-0.25, -0.2) is 0 Å². The van der Waals surface area contributed by atoms with Crippen LogP contribution < -0.4 is 11.1 Å². The van der Waals surface area contributed by atoms with E-state index < -0.39 is 0 Å². The van der Waals surface area contributed by atoms with Crippen LogP contribution in [0.5, 0.6) is 0 Å². The minimum Gasteiger partial charge on any atom is -0.393 e. The Morgan fingerprint density at radius 2 is 2.31 bits per heavy atom. The average Bonchev–Trinajstić information content (AvgIpc) is 2.63. The summed E-state index contributed by atoms with van der Waals surface area (Å²) in [6, 6.07) is 1.81. The minimum absolute atomic E-state index is 0.0303. The van der Waals surface area contributed by atoms with Gasteiger partial charge in [0.25, 0.3) is 5.91 Å². The predicted octanol–water partition coefficient (Wildman–Crippen LogP) is 2.70. The SMILES string of the molecule is NC(=S)CCCCNC(=O)c1csc(Br)c1. The van der Waals surface area contributed by atoms with Crippen LogP contribution in [0, 0.1) is 0 Å². The molecule has 0 bridgehead atoms. The van der Waals surface area contributed by atoms with E-state index in [0.717, 1.165) is 23.0 Å². The monoisotopic (exact) mass is 320 g/mol. The van der Waals surface area contributed by atoms with Gasteiger partial charge in [-0.05, 0) is 41.3 Å². The molecule has 0 aliphatic rings. The van der Waals surface area contributed by atoms with Crippen LogP contribution in [0.1, 0.15) is 29.6 Å². The summed E-state index contributed by atoms with van der Waals surface area (Å²) < 4.78 is 0.964. The van der Waals surface area contributed by atoms with Gasteiger partial charge in [-0.15, -0.1) is 11.3 Å². The summed E-state index contributed by atoms with van der Waals surface area (Å²) in [5.74, 6) is -0.0303. The average molecular weight is 321 g/mol. The fourth-order valence-electron chi connectivity index (χ4n) is 1.16. The van der Waals surface area contributed by atoms with E-state index in [1.807, 2.05) is 11.4 Å². The summed E-state index contributed by atoms with van der Waals surface area (Å²) in [4.78, 5) is 12.1. The normalized spacial score (nSPS) is 10.1. The van der Waals surface area contributed by atoms with Crippen molar-refractivity contribution in [1.82, 2.24) is 5.32 Å². The standard InChI is InChI=1S/C10H13BrN2OS2/c11-8-5-7(6-16-8)10(14)13-4-2-1-3-9(12)15/h5-6H,1-4H2,(H2,12,15)(H,13,14). The molecule has 1 rings (SSSR count). The Morgan fingerprint density at radius 3 is 2.88 bits per heavy atom. The van der Waals surface area contributed by atoms with Gasteiger partial charge in [-0.2, -0.15) is 0 Å². The third kappa shape index (κ3) is 5.05. The van der Waals surface area contributed by atoms with Crippen molar-refractivity contribution in [1.29, 1.82) is 0 Å². The first kappa shape index (κ1) is 13.6. The second-order valence-corrected chi connectivity index (χ2v) is 6.13. The smallest absolute Gasteiger partial charge is 0.252 e. The first-order valence-electron chi connectivity index (χ1n) is 4.90. The molecule has 3 N–H and O–H groups in total. The maximum atomic E-state index is 11.6. The van der Waals surface area contributed by atoms with Gasteiger partial charge in [0.05, 0.1) is 14.3 Å². The van der Waals surface area contributed by atoms with E-state index in [2.05, 4.69) is 21.2 Å². The summed E-state index contributed by atoms with van der Waals surface area (Å²) in [5, 5.41) is 4.68. The molecule has 0 spiro atoms. The molecular formula is C10H13BrN2OS2. The molecule has 1 aromatic rings. The van der Waals surface area contributed by atoms with Crippen molar-refractivity contribution >= 4 is 50.4 Å². The van der Waals surface area contributed by atoms with Gasteiger partial charge in [0.15, 0.2) is 0 Å². The molecule has 88 valence electrons. The van der Waals surface area contributed by atoms with Crippen molar-refractivity contribution < 1.29 is 4.79 Å². The zero-order chi connectivity index (χ0) is 12.0. The van der Waals surface area contributed by atoms with Crippen molar-refractivity contribution in [3.63, 3.8) is 0 Å². The highest BCUT2D eigenvalue weighted by molar-refractivity contribution is 9.11. The number of carbonyl (C=O) groups excluding carboxylic acids is 1. The molecule has 3 nitrogen and oxygen atoms in total. The molecule has 0 radical (unpaired) electrons. The van der Waals surface area contributed by atoms with E-state index in [0.29, 0.717) is 17.1 Å². The number of hydrogen-bond donors (Lipinski definition) is 2. The van der Waals surface area contributed by atoms with Crippen molar-refractivity contribution in [2.45, 2.75) is 19.3 Å². The molecule has 0 unspecified atom stereocenters. The van der Waals surface area contributed by atoms with Gasteiger partial charge in [0.2, 0.25) is 0 Å². The number of thiocarbonyl (C=S) groups is 1. The van der Waals surface area contributed by atoms with Crippen LogP contribution in [0.4, 0.5) is 0 Å². The maximum absolute atomic E-state index is 11.6. The topological polar surface area (TPSA) is 55.1 Å². The lowest BCUT2D eigenvalue weighted by Crippen LogP contribution is -2.24.